The Labute approximate surface area is 209 Å². The molecule has 2 aliphatic rings. The van der Waals surface area contributed by atoms with E-state index in [0.717, 1.165) is 56.9 Å². The van der Waals surface area contributed by atoms with Gasteiger partial charge in [0.1, 0.15) is 17.5 Å². The van der Waals surface area contributed by atoms with E-state index in [1.807, 2.05) is 32.9 Å². The minimum Gasteiger partial charge on any atom is -0.482 e. The highest BCUT2D eigenvalue weighted by molar-refractivity contribution is 5.68. The van der Waals surface area contributed by atoms with Crippen LogP contribution in [0, 0.1) is 17.8 Å². The van der Waals surface area contributed by atoms with Crippen molar-refractivity contribution in [3.8, 4) is 5.75 Å². The zero-order valence-electron chi connectivity index (χ0n) is 21.6. The second-order valence-corrected chi connectivity index (χ2v) is 11.2. The Hall–Kier alpha value is -2.28. The number of carboxylic acids is 1. The molecule has 1 fully saturated rings. The summed E-state index contributed by atoms with van der Waals surface area (Å²) in [5.74, 6) is 0.396. The minimum absolute atomic E-state index is 0.144. The lowest BCUT2D eigenvalue weighted by molar-refractivity contribution is -0.139. The number of carboxylic acid groups (broad SMARTS) is 1. The van der Waals surface area contributed by atoms with Crippen LogP contribution in [-0.4, -0.2) is 46.8 Å². The first-order valence-corrected chi connectivity index (χ1v) is 13.1. The van der Waals surface area contributed by atoms with E-state index in [4.69, 9.17) is 19.3 Å². The van der Waals surface area contributed by atoms with Gasteiger partial charge in [0.05, 0.1) is 6.10 Å². The van der Waals surface area contributed by atoms with Gasteiger partial charge in [0.15, 0.2) is 6.61 Å². The molecule has 0 saturated heterocycles. The molecule has 5 atom stereocenters. The molecule has 0 aliphatic heterocycles. The van der Waals surface area contributed by atoms with E-state index in [9.17, 15) is 14.7 Å². The van der Waals surface area contributed by atoms with Crippen molar-refractivity contribution in [2.24, 2.45) is 17.8 Å². The third kappa shape index (κ3) is 7.86. The van der Waals surface area contributed by atoms with Crippen molar-refractivity contribution in [2.75, 3.05) is 6.61 Å². The van der Waals surface area contributed by atoms with Gasteiger partial charge in [0.2, 0.25) is 0 Å². The summed E-state index contributed by atoms with van der Waals surface area (Å²) in [4.78, 5) is 23.5. The Morgan fingerprint density at radius 2 is 1.91 bits per heavy atom. The molecule has 2 aliphatic carbocycles. The molecule has 0 unspecified atom stereocenters. The molecule has 0 heterocycles. The number of unbranched alkanes of at least 4 members (excludes halogenated alkanes) is 2. The average Bonchev–Trinajstić information content (AvgIpc) is 3.09. The number of rotatable bonds is 11. The maximum absolute atomic E-state index is 12.5. The molecule has 2 N–H and O–H groups in total. The Kier molecular flexibility index (Phi) is 9.45. The van der Waals surface area contributed by atoms with E-state index in [0.29, 0.717) is 24.0 Å². The monoisotopic (exact) mass is 490 g/mol. The van der Waals surface area contributed by atoms with Crippen LogP contribution in [0.4, 0.5) is 4.79 Å². The van der Waals surface area contributed by atoms with E-state index in [1.165, 1.54) is 5.56 Å². The van der Waals surface area contributed by atoms with Crippen LogP contribution in [0.2, 0.25) is 0 Å². The molecule has 3 rings (SSSR count). The fraction of sp³-hybridized carbons (Fsp3) is 0.714. The van der Waals surface area contributed by atoms with Crippen molar-refractivity contribution >= 4 is 12.1 Å². The Bertz CT molecular complexity index is 859. The minimum atomic E-state index is -1.000. The number of aliphatic carboxylic acids is 1. The van der Waals surface area contributed by atoms with Crippen molar-refractivity contribution in [1.82, 2.24) is 0 Å². The summed E-state index contributed by atoms with van der Waals surface area (Å²) in [5.41, 5.74) is 1.60. The molecular weight excluding hydrogens is 448 g/mol. The van der Waals surface area contributed by atoms with Gasteiger partial charge < -0.3 is 24.4 Å². The van der Waals surface area contributed by atoms with Gasteiger partial charge in [-0.2, -0.15) is 0 Å². The zero-order valence-corrected chi connectivity index (χ0v) is 21.6. The van der Waals surface area contributed by atoms with Crippen LogP contribution in [0.15, 0.2) is 18.2 Å². The number of hydrogen-bond acceptors (Lipinski definition) is 6. The van der Waals surface area contributed by atoms with E-state index in [1.54, 1.807) is 0 Å². The molecule has 1 saturated carbocycles. The number of fused-ring (bicyclic) bond motifs is 2. The molecular formula is C28H42O7. The fourth-order valence-electron chi connectivity index (χ4n) is 5.74. The van der Waals surface area contributed by atoms with Gasteiger partial charge in [-0.3, -0.25) is 0 Å². The lowest BCUT2D eigenvalue weighted by Crippen LogP contribution is -2.32. The summed E-state index contributed by atoms with van der Waals surface area (Å²) in [6, 6.07) is 5.82. The largest absolute Gasteiger partial charge is 0.509 e. The first kappa shape index (κ1) is 27.3. The van der Waals surface area contributed by atoms with E-state index in [-0.39, 0.29) is 24.7 Å². The van der Waals surface area contributed by atoms with Crippen LogP contribution in [-0.2, 0) is 27.1 Å². The zero-order chi connectivity index (χ0) is 25.6. The quantitative estimate of drug-likeness (QED) is 0.310. The Morgan fingerprint density at radius 1 is 1.14 bits per heavy atom. The van der Waals surface area contributed by atoms with E-state index in [2.05, 4.69) is 13.0 Å². The summed E-state index contributed by atoms with van der Waals surface area (Å²) in [5, 5.41) is 19.6. The molecule has 35 heavy (non-hydrogen) atoms. The van der Waals surface area contributed by atoms with Crippen molar-refractivity contribution in [3.05, 3.63) is 29.3 Å². The molecule has 0 bridgehead atoms. The summed E-state index contributed by atoms with van der Waals surface area (Å²) >= 11 is 0. The maximum atomic E-state index is 12.5. The first-order valence-electron chi connectivity index (χ1n) is 13.1. The molecule has 0 amide bonds. The fourth-order valence-corrected chi connectivity index (χ4v) is 5.74. The molecule has 1 aromatic carbocycles. The van der Waals surface area contributed by atoms with Gasteiger partial charge in [-0.1, -0.05) is 38.3 Å². The van der Waals surface area contributed by atoms with Gasteiger partial charge in [-0.25, -0.2) is 9.59 Å². The number of hydrogen-bond donors (Lipinski definition) is 2. The smallest absolute Gasteiger partial charge is 0.482 e. The summed E-state index contributed by atoms with van der Waals surface area (Å²) in [6.45, 7) is 7.25. The van der Waals surface area contributed by atoms with Crippen LogP contribution in [0.5, 0.6) is 5.75 Å². The number of carbonyl (C=O) groups is 2. The van der Waals surface area contributed by atoms with Crippen LogP contribution < -0.4 is 4.74 Å². The average molecular weight is 491 g/mol. The third-order valence-electron chi connectivity index (χ3n) is 7.28. The second kappa shape index (κ2) is 12.1. The summed E-state index contributed by atoms with van der Waals surface area (Å²) in [7, 11) is 0. The number of benzene rings is 1. The predicted octanol–water partition coefficient (Wildman–Crippen LogP) is 5.54. The molecule has 7 nitrogen and oxygen atoms in total. The summed E-state index contributed by atoms with van der Waals surface area (Å²) in [6.07, 6.45) is 6.65. The molecule has 0 spiro atoms. The van der Waals surface area contributed by atoms with Crippen LogP contribution in [0.25, 0.3) is 0 Å². The topological polar surface area (TPSA) is 102 Å². The summed E-state index contributed by atoms with van der Waals surface area (Å²) < 4.78 is 16.9. The first-order chi connectivity index (χ1) is 16.6. The third-order valence-corrected chi connectivity index (χ3v) is 7.28. The highest BCUT2D eigenvalue weighted by atomic mass is 16.7. The standard InChI is InChI=1S/C28H42O7/c1-5-6-7-10-20(29)12-13-21-22-14-18-9-8-11-24(33-17-26(30)31)23(18)15-19(22)16-25(21)34-27(32)35-28(2,3)4/h8-9,11,19-22,25,29H,5-7,10,12-17H2,1-4H3,(H,30,31)/t19-,20-,21+,22-,25+/m0/s1. The van der Waals surface area contributed by atoms with Crippen LogP contribution in [0.1, 0.15) is 83.8 Å². The number of carbonyl (C=O) groups excluding carboxylic acids is 1. The van der Waals surface area contributed by atoms with Gasteiger partial charge in [-0.05, 0) is 94.2 Å². The van der Waals surface area contributed by atoms with E-state index >= 15 is 0 Å². The van der Waals surface area contributed by atoms with Gasteiger partial charge in [0, 0.05) is 0 Å². The SMILES string of the molecule is CCCCC[C@H](O)CC[C@@H]1[C@H]2Cc3cccc(OCC(=O)O)c3C[C@H]2C[C@H]1OC(=O)OC(C)(C)C. The second-order valence-electron chi connectivity index (χ2n) is 11.2. The Balaban J connectivity index is 1.74. The predicted molar refractivity (Wildman–Crippen MR) is 133 cm³/mol. The molecule has 196 valence electrons. The molecule has 0 radical (unpaired) electrons. The normalized spacial score (nSPS) is 24.3. The highest BCUT2D eigenvalue weighted by Gasteiger charge is 2.47. The van der Waals surface area contributed by atoms with E-state index < -0.39 is 17.7 Å². The van der Waals surface area contributed by atoms with Gasteiger partial charge >= 0.3 is 12.1 Å². The maximum Gasteiger partial charge on any atom is 0.509 e. The molecule has 0 aromatic heterocycles. The van der Waals surface area contributed by atoms with Crippen molar-refractivity contribution in [1.29, 1.82) is 0 Å². The number of ether oxygens (including phenoxy) is 3. The van der Waals surface area contributed by atoms with Crippen LogP contribution in [0.3, 0.4) is 0 Å². The van der Waals surface area contributed by atoms with Crippen molar-refractivity contribution in [2.45, 2.75) is 103 Å². The van der Waals surface area contributed by atoms with Crippen molar-refractivity contribution in [3.63, 3.8) is 0 Å². The van der Waals surface area contributed by atoms with Crippen molar-refractivity contribution < 1.29 is 34.0 Å². The lowest BCUT2D eigenvalue weighted by Gasteiger charge is -2.32. The number of aliphatic hydroxyl groups is 1. The lowest BCUT2D eigenvalue weighted by atomic mass is 9.73. The van der Waals surface area contributed by atoms with Crippen LogP contribution >= 0.6 is 0 Å². The Morgan fingerprint density at radius 3 is 2.60 bits per heavy atom. The highest BCUT2D eigenvalue weighted by Crippen LogP contribution is 2.49. The van der Waals surface area contributed by atoms with Gasteiger partial charge in [-0.15, -0.1) is 0 Å². The molecule has 1 aromatic rings. The van der Waals surface area contributed by atoms with Gasteiger partial charge in [0.25, 0.3) is 0 Å². The molecule has 7 heteroatoms. The number of aliphatic hydroxyl groups excluding tert-OH is 1.